The third-order valence-corrected chi connectivity index (χ3v) is 1.52. The maximum absolute atomic E-state index is 3.81. The first-order chi connectivity index (χ1) is 5.57. The Bertz CT molecular complexity index is 180. The van der Waals surface area contributed by atoms with E-state index in [4.69, 9.17) is 0 Å². The van der Waals surface area contributed by atoms with E-state index in [2.05, 4.69) is 32.6 Å². The lowest BCUT2D eigenvalue weighted by molar-refractivity contribution is 1.31. The zero-order valence-electron chi connectivity index (χ0n) is 9.36. The minimum absolute atomic E-state index is 1.11. The third kappa shape index (κ3) is 7.33. The predicted octanol–water partition coefficient (Wildman–Crippen LogP) is 4.50. The lowest BCUT2D eigenvalue weighted by Gasteiger charge is -1.98. The van der Waals surface area contributed by atoms with Gasteiger partial charge in [-0.2, -0.15) is 0 Å². The van der Waals surface area contributed by atoms with Gasteiger partial charge in [-0.3, -0.25) is 0 Å². The quantitative estimate of drug-likeness (QED) is 0.530. The summed E-state index contributed by atoms with van der Waals surface area (Å²) in [5, 5.41) is 0. The minimum atomic E-state index is 1.11. The molecule has 0 rings (SSSR count). The highest BCUT2D eigenvalue weighted by Crippen LogP contribution is 2.09. The van der Waals surface area contributed by atoms with Crippen LogP contribution in [0.5, 0.6) is 0 Å². The van der Waals surface area contributed by atoms with Gasteiger partial charge in [0.15, 0.2) is 0 Å². The Balaban J connectivity index is 0. The summed E-state index contributed by atoms with van der Waals surface area (Å²) in [7, 11) is 0. The summed E-state index contributed by atoms with van der Waals surface area (Å²) >= 11 is 0. The van der Waals surface area contributed by atoms with E-state index < -0.39 is 0 Å². The third-order valence-electron chi connectivity index (χ3n) is 1.52. The summed E-state index contributed by atoms with van der Waals surface area (Å²) in [6, 6.07) is 0. The summed E-state index contributed by atoms with van der Waals surface area (Å²) in [6.45, 7) is 16.1. The molecule has 0 spiro atoms. The van der Waals surface area contributed by atoms with E-state index in [-0.39, 0.29) is 0 Å². The van der Waals surface area contributed by atoms with E-state index in [1.54, 1.807) is 0 Å². The van der Waals surface area contributed by atoms with Crippen LogP contribution in [-0.4, -0.2) is 0 Å². The largest absolute Gasteiger partial charge is 0.0961 e. The predicted molar refractivity (Wildman–Crippen MR) is 59.4 cm³/mol. The Morgan fingerprint density at radius 3 is 1.67 bits per heavy atom. The van der Waals surface area contributed by atoms with Crippen molar-refractivity contribution in [3.8, 4) is 0 Å². The molecule has 0 aliphatic heterocycles. The van der Waals surface area contributed by atoms with E-state index in [1.807, 2.05) is 27.7 Å². The molecule has 0 heteroatoms. The lowest BCUT2D eigenvalue weighted by Crippen LogP contribution is -1.78. The Morgan fingerprint density at radius 2 is 1.42 bits per heavy atom. The number of rotatable bonds is 2. The Hall–Kier alpha value is -0.780. The molecule has 0 unspecified atom stereocenters. The number of allylic oxidation sites excluding steroid dienone is 5. The second kappa shape index (κ2) is 8.32. The molecular weight excluding hydrogens is 144 g/mol. The molecule has 0 saturated carbocycles. The second-order valence-corrected chi connectivity index (χ2v) is 2.65. The Kier molecular flexibility index (Phi) is 9.56. The fourth-order valence-corrected chi connectivity index (χ4v) is 0.711. The van der Waals surface area contributed by atoms with Gasteiger partial charge >= 0.3 is 0 Å². The minimum Gasteiger partial charge on any atom is -0.0961 e. The zero-order valence-corrected chi connectivity index (χ0v) is 9.36. The van der Waals surface area contributed by atoms with Crippen LogP contribution in [0, 0.1) is 0 Å². The molecule has 0 N–H and O–H groups in total. The number of hydrogen-bond donors (Lipinski definition) is 0. The molecular formula is C12H22. The van der Waals surface area contributed by atoms with Crippen LogP contribution in [0.1, 0.15) is 41.5 Å². The summed E-state index contributed by atoms with van der Waals surface area (Å²) < 4.78 is 0. The highest BCUT2D eigenvalue weighted by molar-refractivity contribution is 5.32. The monoisotopic (exact) mass is 166 g/mol. The number of hydrogen-bond acceptors (Lipinski definition) is 0. The van der Waals surface area contributed by atoms with Crippen LogP contribution in [-0.2, 0) is 0 Å². The van der Waals surface area contributed by atoms with Gasteiger partial charge in [0.25, 0.3) is 0 Å². The molecule has 0 aromatic carbocycles. The smallest absolute Gasteiger partial charge is 0.0395 e. The summed E-state index contributed by atoms with van der Waals surface area (Å²) in [5.41, 5.74) is 3.73. The normalized spacial score (nSPS) is 11.8. The fraction of sp³-hybridized carbons (Fsp3) is 0.500. The molecule has 0 fully saturated rings. The molecule has 0 amide bonds. The van der Waals surface area contributed by atoms with Crippen molar-refractivity contribution >= 4 is 0 Å². The molecule has 0 bridgehead atoms. The van der Waals surface area contributed by atoms with E-state index in [0.717, 1.165) is 5.57 Å². The van der Waals surface area contributed by atoms with Gasteiger partial charge in [-0.05, 0) is 33.3 Å². The van der Waals surface area contributed by atoms with Gasteiger partial charge in [-0.15, -0.1) is 0 Å². The Morgan fingerprint density at radius 1 is 1.00 bits per heavy atom. The maximum atomic E-state index is 3.81. The van der Waals surface area contributed by atoms with Crippen molar-refractivity contribution in [2.75, 3.05) is 0 Å². The average Bonchev–Trinajstić information content (AvgIpc) is 2.05. The van der Waals surface area contributed by atoms with Crippen LogP contribution < -0.4 is 0 Å². The molecule has 0 nitrogen and oxygen atoms in total. The van der Waals surface area contributed by atoms with Crippen LogP contribution in [0.2, 0.25) is 0 Å². The molecule has 0 atom stereocenters. The van der Waals surface area contributed by atoms with Crippen LogP contribution >= 0.6 is 0 Å². The maximum Gasteiger partial charge on any atom is -0.0395 e. The molecule has 0 heterocycles. The van der Waals surface area contributed by atoms with Crippen LogP contribution in [0.4, 0.5) is 0 Å². The average molecular weight is 166 g/mol. The van der Waals surface area contributed by atoms with Gasteiger partial charge < -0.3 is 0 Å². The molecule has 0 saturated heterocycles. The van der Waals surface area contributed by atoms with Gasteiger partial charge in [0, 0.05) is 0 Å². The van der Waals surface area contributed by atoms with Crippen LogP contribution in [0.3, 0.4) is 0 Å². The van der Waals surface area contributed by atoms with E-state index in [9.17, 15) is 0 Å². The molecule has 0 aromatic rings. The van der Waals surface area contributed by atoms with Crippen molar-refractivity contribution in [3.05, 3.63) is 35.5 Å². The zero-order chi connectivity index (χ0) is 10.1. The van der Waals surface area contributed by atoms with Crippen molar-refractivity contribution in [3.63, 3.8) is 0 Å². The van der Waals surface area contributed by atoms with Gasteiger partial charge in [-0.25, -0.2) is 0 Å². The van der Waals surface area contributed by atoms with Crippen LogP contribution in [0.25, 0.3) is 0 Å². The molecule has 0 aliphatic rings. The Labute approximate surface area is 77.7 Å². The summed E-state index contributed by atoms with van der Waals surface area (Å²) in [5.74, 6) is 0. The summed E-state index contributed by atoms with van der Waals surface area (Å²) in [6.07, 6.45) is 4.20. The van der Waals surface area contributed by atoms with Gasteiger partial charge in [-0.1, -0.05) is 43.7 Å². The molecule has 0 aromatic heterocycles. The van der Waals surface area contributed by atoms with E-state index >= 15 is 0 Å². The van der Waals surface area contributed by atoms with Crippen LogP contribution in [0.15, 0.2) is 35.5 Å². The van der Waals surface area contributed by atoms with Crippen molar-refractivity contribution in [2.45, 2.75) is 41.5 Å². The first-order valence-electron chi connectivity index (χ1n) is 4.55. The van der Waals surface area contributed by atoms with Crippen molar-refractivity contribution in [1.29, 1.82) is 0 Å². The first-order valence-corrected chi connectivity index (χ1v) is 4.55. The molecule has 70 valence electrons. The van der Waals surface area contributed by atoms with Gasteiger partial charge in [0.2, 0.25) is 0 Å². The van der Waals surface area contributed by atoms with Crippen molar-refractivity contribution < 1.29 is 0 Å². The molecule has 12 heavy (non-hydrogen) atoms. The topological polar surface area (TPSA) is 0 Å². The highest BCUT2D eigenvalue weighted by atomic mass is 13.9. The molecule has 0 aliphatic carbocycles. The standard InChI is InChI=1S/C10H16.C2H6/c1-6-9(4)10(5)7-8(2)3;1-2/h6-7H,2H2,1,3-5H3;1-2H3/b9-6-,10-7-;. The first kappa shape index (κ1) is 13.8. The van der Waals surface area contributed by atoms with Crippen molar-refractivity contribution in [2.24, 2.45) is 0 Å². The highest BCUT2D eigenvalue weighted by Gasteiger charge is 1.88. The van der Waals surface area contributed by atoms with Crippen molar-refractivity contribution in [1.82, 2.24) is 0 Å². The van der Waals surface area contributed by atoms with E-state index in [0.29, 0.717) is 0 Å². The van der Waals surface area contributed by atoms with E-state index in [1.165, 1.54) is 11.1 Å². The summed E-state index contributed by atoms with van der Waals surface area (Å²) in [4.78, 5) is 0. The van der Waals surface area contributed by atoms with Gasteiger partial charge in [0.1, 0.15) is 0 Å². The molecule has 0 radical (unpaired) electrons. The second-order valence-electron chi connectivity index (χ2n) is 2.65. The lowest BCUT2D eigenvalue weighted by atomic mass is 10.1. The van der Waals surface area contributed by atoms with Gasteiger partial charge in [0.05, 0.1) is 0 Å². The SMILES string of the molecule is C=C(C)/C=C(C)\C(C)=C/C.CC. The fourth-order valence-electron chi connectivity index (χ4n) is 0.711.